The van der Waals surface area contributed by atoms with Gasteiger partial charge < -0.3 is 30.1 Å². The van der Waals surface area contributed by atoms with Crippen LogP contribution in [0.1, 0.15) is 68.4 Å². The quantitative estimate of drug-likeness (QED) is 0.223. The molecule has 1 saturated heterocycles. The van der Waals surface area contributed by atoms with Crippen molar-refractivity contribution in [3.8, 4) is 5.75 Å². The normalized spacial score (nSPS) is 21.5. The molecule has 3 N–H and O–H groups in total. The van der Waals surface area contributed by atoms with Gasteiger partial charge in [0, 0.05) is 25.0 Å². The summed E-state index contributed by atoms with van der Waals surface area (Å²) in [4.78, 5) is 28.8. The van der Waals surface area contributed by atoms with Crippen LogP contribution in [0.2, 0.25) is 0 Å². The molecule has 0 aromatic heterocycles. The average Bonchev–Trinajstić information content (AvgIpc) is 3.55. The summed E-state index contributed by atoms with van der Waals surface area (Å²) in [6.45, 7) is 13.1. The van der Waals surface area contributed by atoms with E-state index >= 15 is 0 Å². The number of rotatable bonds is 17. The van der Waals surface area contributed by atoms with Gasteiger partial charge in [-0.3, -0.25) is 9.59 Å². The first kappa shape index (κ1) is 33.4. The summed E-state index contributed by atoms with van der Waals surface area (Å²) < 4.78 is 11.5. The van der Waals surface area contributed by atoms with E-state index in [1.165, 1.54) is 0 Å². The van der Waals surface area contributed by atoms with Crippen molar-refractivity contribution in [3.63, 3.8) is 0 Å². The molecular formula is C36H49N3O5. The maximum absolute atomic E-state index is 13.8. The van der Waals surface area contributed by atoms with Crippen LogP contribution < -0.4 is 15.4 Å². The van der Waals surface area contributed by atoms with Gasteiger partial charge in [-0.15, -0.1) is 13.2 Å². The molecule has 0 radical (unpaired) electrons. The molecule has 8 heteroatoms. The molecule has 1 aliphatic heterocycles. The van der Waals surface area contributed by atoms with Gasteiger partial charge in [-0.1, -0.05) is 62.4 Å². The lowest BCUT2D eigenvalue weighted by Crippen LogP contribution is -2.55. The molecule has 1 fully saturated rings. The molecular weight excluding hydrogens is 554 g/mol. The van der Waals surface area contributed by atoms with Gasteiger partial charge >= 0.3 is 0 Å². The van der Waals surface area contributed by atoms with E-state index in [0.717, 1.165) is 35.3 Å². The largest absolute Gasteiger partial charge is 0.497 e. The first-order valence-electron chi connectivity index (χ1n) is 15.8. The second-order valence-electron chi connectivity index (χ2n) is 12.4. The molecule has 2 aliphatic rings. The Kier molecular flexibility index (Phi) is 12.2. The van der Waals surface area contributed by atoms with E-state index in [2.05, 4.69) is 37.6 Å². The number of nitrogens with one attached hydrogen (secondary N) is 2. The van der Waals surface area contributed by atoms with E-state index in [4.69, 9.17) is 9.47 Å². The Morgan fingerprint density at radius 3 is 2.59 bits per heavy atom. The number of carbonyl (C=O) groups excluding carboxylic acids is 2. The molecule has 0 bridgehead atoms. The van der Waals surface area contributed by atoms with Crippen LogP contribution in [-0.2, 0) is 20.7 Å². The molecule has 1 unspecified atom stereocenters. The highest BCUT2D eigenvalue weighted by molar-refractivity contribution is 5.90. The second kappa shape index (κ2) is 16.0. The summed E-state index contributed by atoms with van der Waals surface area (Å²) in [5.41, 5.74) is 3.16. The predicted octanol–water partition coefficient (Wildman–Crippen LogP) is 4.90. The number of carbonyl (C=O) groups is 2. The summed E-state index contributed by atoms with van der Waals surface area (Å²) >= 11 is 0. The number of amides is 2. The Balaban J connectivity index is 1.49. The Morgan fingerprint density at radius 2 is 1.91 bits per heavy atom. The molecule has 4 rings (SSSR count). The van der Waals surface area contributed by atoms with Crippen molar-refractivity contribution in [1.29, 1.82) is 0 Å². The Bertz CT molecular complexity index is 1270. The van der Waals surface area contributed by atoms with Gasteiger partial charge in [0.05, 0.1) is 32.0 Å². The van der Waals surface area contributed by atoms with Crippen molar-refractivity contribution in [2.24, 2.45) is 11.8 Å². The number of nitrogens with zero attached hydrogens (tertiary/aromatic N) is 1. The molecule has 0 spiro atoms. The van der Waals surface area contributed by atoms with Crippen molar-refractivity contribution < 1.29 is 24.2 Å². The third-order valence-corrected chi connectivity index (χ3v) is 8.72. The average molecular weight is 604 g/mol. The van der Waals surface area contributed by atoms with Crippen LogP contribution in [0.4, 0.5) is 0 Å². The third-order valence-electron chi connectivity index (χ3n) is 8.72. The Labute approximate surface area is 262 Å². The number of likely N-dealkylation sites (tertiary alicyclic amines) is 1. The van der Waals surface area contributed by atoms with Gasteiger partial charge in [-0.25, -0.2) is 0 Å². The lowest BCUT2D eigenvalue weighted by Gasteiger charge is -2.31. The summed E-state index contributed by atoms with van der Waals surface area (Å²) in [5.74, 6) is 0.876. The lowest BCUT2D eigenvalue weighted by atomic mass is 9.96. The zero-order valence-electron chi connectivity index (χ0n) is 26.4. The van der Waals surface area contributed by atoms with Crippen LogP contribution in [0, 0.1) is 11.8 Å². The third kappa shape index (κ3) is 8.37. The van der Waals surface area contributed by atoms with Gasteiger partial charge in [0.2, 0.25) is 11.8 Å². The van der Waals surface area contributed by atoms with Crippen molar-refractivity contribution in [2.75, 3.05) is 26.8 Å². The maximum Gasteiger partial charge on any atom is 0.243 e. The van der Waals surface area contributed by atoms with E-state index in [1.807, 2.05) is 48.5 Å². The fraction of sp³-hybridized carbons (Fsp3) is 0.500. The molecule has 2 amide bonds. The van der Waals surface area contributed by atoms with Crippen molar-refractivity contribution in [2.45, 2.75) is 76.3 Å². The van der Waals surface area contributed by atoms with E-state index in [1.54, 1.807) is 24.2 Å². The summed E-state index contributed by atoms with van der Waals surface area (Å²) in [6.07, 6.45) is 5.50. The van der Waals surface area contributed by atoms with Crippen molar-refractivity contribution in [1.82, 2.24) is 15.5 Å². The van der Waals surface area contributed by atoms with Crippen LogP contribution in [-0.4, -0.2) is 66.8 Å². The smallest absolute Gasteiger partial charge is 0.243 e. The molecule has 8 nitrogen and oxygen atoms in total. The molecule has 1 heterocycles. The number of ether oxygens (including phenoxy) is 2. The number of benzene rings is 2. The minimum Gasteiger partial charge on any atom is -0.497 e. The van der Waals surface area contributed by atoms with Crippen LogP contribution >= 0.6 is 0 Å². The molecule has 1 aliphatic carbocycles. The van der Waals surface area contributed by atoms with Crippen LogP contribution in [0.25, 0.3) is 0 Å². The minimum absolute atomic E-state index is 0.0334. The molecule has 2 aromatic carbocycles. The zero-order chi connectivity index (χ0) is 31.6. The number of fused-ring (bicyclic) bond motifs is 1. The molecule has 238 valence electrons. The molecule has 2 aromatic rings. The van der Waals surface area contributed by atoms with E-state index < -0.39 is 18.2 Å². The van der Waals surface area contributed by atoms with Crippen molar-refractivity contribution >= 4 is 11.8 Å². The highest BCUT2D eigenvalue weighted by Crippen LogP contribution is 2.42. The van der Waals surface area contributed by atoms with Crippen LogP contribution in [0.5, 0.6) is 5.75 Å². The number of methoxy groups -OCH3 is 1. The monoisotopic (exact) mass is 603 g/mol. The number of hydrogen-bond donors (Lipinski definition) is 3. The fourth-order valence-electron chi connectivity index (χ4n) is 6.51. The van der Waals surface area contributed by atoms with E-state index in [9.17, 15) is 14.7 Å². The van der Waals surface area contributed by atoms with Crippen LogP contribution in [0.3, 0.4) is 0 Å². The molecule has 0 saturated carbocycles. The number of aliphatic hydroxyl groups is 1. The van der Waals surface area contributed by atoms with E-state index in [0.29, 0.717) is 38.3 Å². The van der Waals surface area contributed by atoms with Crippen molar-refractivity contribution in [3.05, 3.63) is 90.5 Å². The number of hydrogen-bond acceptors (Lipinski definition) is 6. The number of aliphatic hydroxyl groups excluding tert-OH is 1. The Morgan fingerprint density at radius 1 is 1.14 bits per heavy atom. The molecule has 6 atom stereocenters. The lowest BCUT2D eigenvalue weighted by molar-refractivity contribution is -0.140. The van der Waals surface area contributed by atoms with Gasteiger partial charge in [-0.05, 0) is 66.8 Å². The van der Waals surface area contributed by atoms with Crippen LogP contribution in [0.15, 0.2) is 73.8 Å². The summed E-state index contributed by atoms with van der Waals surface area (Å²) in [7, 11) is 1.64. The van der Waals surface area contributed by atoms with Gasteiger partial charge in [0.15, 0.2) is 0 Å². The first-order valence-corrected chi connectivity index (χ1v) is 15.8. The van der Waals surface area contributed by atoms with Gasteiger partial charge in [-0.2, -0.15) is 0 Å². The summed E-state index contributed by atoms with van der Waals surface area (Å²) in [6, 6.07) is 14.5. The Hall–Kier alpha value is -3.46. The second-order valence-corrected chi connectivity index (χ2v) is 12.4. The van der Waals surface area contributed by atoms with Gasteiger partial charge in [0.1, 0.15) is 11.8 Å². The molecule has 44 heavy (non-hydrogen) atoms. The SMILES string of the molecule is C=CCO[C@@H]1C[C@H](NC[C@@H](O)[C@H](Cc2ccccc2)NC(=O)[C@H](CC=C)N2CCC(CC(C)C)C2=O)c2cc(OC)ccc21. The zero-order valence-corrected chi connectivity index (χ0v) is 26.4. The fourth-order valence-corrected chi connectivity index (χ4v) is 6.51. The maximum atomic E-state index is 13.8. The van der Waals surface area contributed by atoms with Gasteiger partial charge in [0.25, 0.3) is 0 Å². The first-order chi connectivity index (χ1) is 21.2. The summed E-state index contributed by atoms with van der Waals surface area (Å²) in [5, 5.41) is 18.2. The minimum atomic E-state index is -0.895. The highest BCUT2D eigenvalue weighted by Gasteiger charge is 2.39. The topological polar surface area (TPSA) is 100 Å². The predicted molar refractivity (Wildman–Crippen MR) is 173 cm³/mol. The standard InChI is InChI=1S/C36H49N3O5/c1-6-11-32(39-17-16-26(36(39)42)19-24(3)4)35(41)38-31(20-25-12-9-8-10-13-25)33(40)23-37-30-22-34(44-18-7-2)28-15-14-27(43-5)21-29(28)30/h6-10,12-15,21,24,26,30-34,37,40H,1-2,11,16-20,22-23H2,3-5H3,(H,38,41)/t26?,30-,31-,32-,33+,34+/m0/s1. The highest BCUT2D eigenvalue weighted by atomic mass is 16.5. The van der Waals surface area contributed by atoms with E-state index in [-0.39, 0.29) is 36.4 Å².